The molecule has 122 valence electrons. The Balaban J connectivity index is 0.00000192. The van der Waals surface area contributed by atoms with E-state index in [1.807, 2.05) is 42.5 Å². The fourth-order valence-corrected chi connectivity index (χ4v) is 2.97. The molecule has 3 rings (SSSR count). The van der Waals surface area contributed by atoms with Gasteiger partial charge in [0.2, 0.25) is 5.91 Å². The number of nitrogens with zero attached hydrogens (tertiary/aromatic N) is 1. The van der Waals surface area contributed by atoms with Gasteiger partial charge < -0.3 is 21.1 Å². The van der Waals surface area contributed by atoms with Crippen LogP contribution in [0, 0.1) is 5.92 Å². The van der Waals surface area contributed by atoms with E-state index in [9.17, 15) is 4.79 Å². The van der Waals surface area contributed by atoms with Gasteiger partial charge in [0.05, 0.1) is 5.92 Å². The highest BCUT2D eigenvalue weighted by Gasteiger charge is 2.19. The van der Waals surface area contributed by atoms with Crippen molar-refractivity contribution in [3.05, 3.63) is 42.5 Å². The Morgan fingerprint density at radius 3 is 2.52 bits per heavy atom. The first-order valence-electron chi connectivity index (χ1n) is 7.28. The molecule has 0 bridgehead atoms. The number of para-hydroxylation sites is 1. The van der Waals surface area contributed by atoms with E-state index in [0.29, 0.717) is 18.7 Å². The predicted octanol–water partition coefficient (Wildman–Crippen LogP) is 2.28. The number of carbonyl (C=O) groups excluding carboxylic acids is 1. The molecule has 0 spiro atoms. The van der Waals surface area contributed by atoms with E-state index < -0.39 is 11.8 Å². The number of amides is 1. The van der Waals surface area contributed by atoms with Crippen LogP contribution >= 0.6 is 12.4 Å². The minimum Gasteiger partial charge on any atom is -0.399 e. The van der Waals surface area contributed by atoms with Crippen molar-refractivity contribution in [3.8, 4) is 0 Å². The van der Waals surface area contributed by atoms with E-state index in [2.05, 4.69) is 4.57 Å². The summed E-state index contributed by atoms with van der Waals surface area (Å²) in [6.45, 7) is 0.390. The number of anilines is 1. The van der Waals surface area contributed by atoms with Crippen LogP contribution in [-0.2, 0) is 11.3 Å². The van der Waals surface area contributed by atoms with E-state index in [1.54, 1.807) is 0 Å². The third-order valence-corrected chi connectivity index (χ3v) is 4.08. The number of nitrogen functional groups attached to an aromatic ring is 1. The van der Waals surface area contributed by atoms with Gasteiger partial charge in [-0.3, -0.25) is 4.79 Å². The first kappa shape index (κ1) is 17.1. The summed E-state index contributed by atoms with van der Waals surface area (Å²) >= 11 is 0. The zero-order chi connectivity index (χ0) is 15.7. The van der Waals surface area contributed by atoms with Crippen LogP contribution in [0.5, 0.6) is 0 Å². The van der Waals surface area contributed by atoms with Crippen LogP contribution in [0.1, 0.15) is 6.42 Å². The average molecular weight is 334 g/mol. The van der Waals surface area contributed by atoms with E-state index in [-0.39, 0.29) is 19.0 Å². The maximum Gasteiger partial charge on any atom is 0.222 e. The van der Waals surface area contributed by atoms with Crippen molar-refractivity contribution >= 4 is 45.8 Å². The number of aromatic nitrogens is 1. The first-order chi connectivity index (χ1) is 10.6. The highest BCUT2D eigenvalue weighted by atomic mass is 35.5. The van der Waals surface area contributed by atoms with Gasteiger partial charge in [-0.2, -0.15) is 0 Å². The molecule has 1 amide bonds. The molecule has 5 nitrogen and oxygen atoms in total. The molecule has 6 heteroatoms. The van der Waals surface area contributed by atoms with Crippen molar-refractivity contribution in [1.82, 2.24) is 4.57 Å². The van der Waals surface area contributed by atoms with Gasteiger partial charge >= 0.3 is 0 Å². The molecule has 23 heavy (non-hydrogen) atoms. The summed E-state index contributed by atoms with van der Waals surface area (Å²) in [5.41, 5.74) is 14.1. The minimum absolute atomic E-state index is 0. The molecule has 0 aliphatic carbocycles. The Labute approximate surface area is 140 Å². The van der Waals surface area contributed by atoms with E-state index >= 15 is 0 Å². The van der Waals surface area contributed by atoms with Crippen molar-refractivity contribution in [2.75, 3.05) is 12.3 Å². The predicted molar refractivity (Wildman–Crippen MR) is 95.5 cm³/mol. The zero-order valence-electron chi connectivity index (χ0n) is 12.6. The number of fused-ring (bicyclic) bond motifs is 3. The van der Waals surface area contributed by atoms with E-state index in [4.69, 9.17) is 16.6 Å². The van der Waals surface area contributed by atoms with Gasteiger partial charge in [0.15, 0.2) is 0 Å². The molecule has 1 aromatic heterocycles. The van der Waals surface area contributed by atoms with Crippen LogP contribution in [0.3, 0.4) is 0 Å². The van der Waals surface area contributed by atoms with Gasteiger partial charge in [-0.15, -0.1) is 12.4 Å². The number of aliphatic hydroxyl groups is 1. The third kappa shape index (κ3) is 3.11. The summed E-state index contributed by atoms with van der Waals surface area (Å²) in [7, 11) is 0. The van der Waals surface area contributed by atoms with Crippen molar-refractivity contribution in [1.29, 1.82) is 0 Å². The SMILES string of the molecule is Cl.NC(=O)C(CCO)Cn1c2ccccc2c2cc(N)ccc21. The maximum atomic E-state index is 11.6. The molecule has 2 aromatic carbocycles. The quantitative estimate of drug-likeness (QED) is 0.625. The van der Waals surface area contributed by atoms with Gasteiger partial charge in [0.1, 0.15) is 0 Å². The number of primary amides is 1. The molecular formula is C17H20ClN3O2. The maximum absolute atomic E-state index is 11.6. The second kappa shape index (κ2) is 6.89. The Morgan fingerprint density at radius 1 is 1.13 bits per heavy atom. The fourth-order valence-electron chi connectivity index (χ4n) is 2.97. The summed E-state index contributed by atoms with van der Waals surface area (Å²) in [6.07, 6.45) is 0.359. The van der Waals surface area contributed by atoms with Crippen LogP contribution in [0.4, 0.5) is 5.69 Å². The van der Waals surface area contributed by atoms with Crippen molar-refractivity contribution < 1.29 is 9.90 Å². The number of carbonyl (C=O) groups is 1. The van der Waals surface area contributed by atoms with Gasteiger partial charge in [0, 0.05) is 40.6 Å². The molecule has 0 saturated heterocycles. The highest BCUT2D eigenvalue weighted by molar-refractivity contribution is 6.09. The number of aliphatic hydroxyl groups excluding tert-OH is 1. The lowest BCUT2D eigenvalue weighted by Crippen LogP contribution is -2.28. The largest absolute Gasteiger partial charge is 0.399 e. The first-order valence-corrected chi connectivity index (χ1v) is 7.28. The second-order valence-electron chi connectivity index (χ2n) is 5.52. The topological polar surface area (TPSA) is 94.3 Å². The fraction of sp³-hybridized carbons (Fsp3) is 0.235. The van der Waals surface area contributed by atoms with Crippen LogP contribution in [0.2, 0.25) is 0 Å². The Morgan fingerprint density at radius 2 is 1.83 bits per heavy atom. The summed E-state index contributed by atoms with van der Waals surface area (Å²) in [4.78, 5) is 11.6. The number of hydrogen-bond donors (Lipinski definition) is 3. The van der Waals surface area contributed by atoms with Crippen LogP contribution in [0.25, 0.3) is 21.8 Å². The molecule has 0 aliphatic rings. The Hall–Kier alpha value is -2.24. The summed E-state index contributed by atoms with van der Waals surface area (Å²) in [5.74, 6) is -0.794. The molecule has 5 N–H and O–H groups in total. The lowest BCUT2D eigenvalue weighted by atomic mass is 10.1. The van der Waals surface area contributed by atoms with E-state index in [1.165, 1.54) is 0 Å². The Kier molecular flexibility index (Phi) is 5.13. The van der Waals surface area contributed by atoms with Gasteiger partial charge in [0.25, 0.3) is 0 Å². The van der Waals surface area contributed by atoms with Crippen molar-refractivity contribution in [2.24, 2.45) is 11.7 Å². The smallest absolute Gasteiger partial charge is 0.222 e. The monoisotopic (exact) mass is 333 g/mol. The van der Waals surface area contributed by atoms with E-state index in [0.717, 1.165) is 21.8 Å². The van der Waals surface area contributed by atoms with Crippen molar-refractivity contribution in [3.63, 3.8) is 0 Å². The molecule has 1 atom stereocenters. The summed E-state index contributed by atoms with van der Waals surface area (Å²) in [5, 5.41) is 11.3. The Bertz CT molecular complexity index is 844. The van der Waals surface area contributed by atoms with Gasteiger partial charge in [-0.05, 0) is 30.7 Å². The molecule has 3 aromatic rings. The number of benzene rings is 2. The molecular weight excluding hydrogens is 314 g/mol. The molecule has 1 unspecified atom stereocenters. The molecule has 0 fully saturated rings. The summed E-state index contributed by atoms with van der Waals surface area (Å²) < 4.78 is 2.08. The average Bonchev–Trinajstić information content (AvgIpc) is 2.80. The van der Waals surface area contributed by atoms with Crippen LogP contribution in [0.15, 0.2) is 42.5 Å². The van der Waals surface area contributed by atoms with Gasteiger partial charge in [-0.25, -0.2) is 0 Å². The highest BCUT2D eigenvalue weighted by Crippen LogP contribution is 2.31. The number of nitrogens with two attached hydrogens (primary N) is 2. The molecule has 0 saturated carbocycles. The van der Waals surface area contributed by atoms with Crippen LogP contribution < -0.4 is 11.5 Å². The zero-order valence-corrected chi connectivity index (χ0v) is 13.4. The molecule has 0 radical (unpaired) electrons. The number of hydrogen-bond acceptors (Lipinski definition) is 3. The van der Waals surface area contributed by atoms with Crippen molar-refractivity contribution in [2.45, 2.75) is 13.0 Å². The normalized spacial score (nSPS) is 12.2. The van der Waals surface area contributed by atoms with Gasteiger partial charge in [-0.1, -0.05) is 18.2 Å². The third-order valence-electron chi connectivity index (χ3n) is 4.08. The number of rotatable bonds is 5. The molecule has 1 heterocycles. The summed E-state index contributed by atoms with van der Waals surface area (Å²) in [6, 6.07) is 13.8. The second-order valence-corrected chi connectivity index (χ2v) is 5.52. The van der Waals surface area contributed by atoms with Crippen LogP contribution in [-0.4, -0.2) is 22.2 Å². The molecule has 0 aliphatic heterocycles. The lowest BCUT2D eigenvalue weighted by molar-refractivity contribution is -0.122. The minimum atomic E-state index is -0.401. The lowest BCUT2D eigenvalue weighted by Gasteiger charge is -2.15. The number of halogens is 1. The standard InChI is InChI=1S/C17H19N3O2.ClH/c18-12-5-6-16-14(9-12)13-3-1-2-4-15(13)20(16)10-11(7-8-21)17(19)22;/h1-6,9,11,21H,7-8,10,18H2,(H2,19,22);1H.